The van der Waals surface area contributed by atoms with Gasteiger partial charge in [-0.05, 0) is 37.1 Å². The lowest BCUT2D eigenvalue weighted by molar-refractivity contribution is 0.365. The van der Waals surface area contributed by atoms with Gasteiger partial charge in [0.15, 0.2) is 0 Å². The van der Waals surface area contributed by atoms with Crippen molar-refractivity contribution in [1.29, 1.82) is 0 Å². The van der Waals surface area contributed by atoms with E-state index in [0.29, 0.717) is 0 Å². The second-order valence-corrected chi connectivity index (χ2v) is 4.28. The van der Waals surface area contributed by atoms with Crippen LogP contribution in [0.25, 0.3) is 0 Å². The Bertz CT molecular complexity index is 296. The number of anilines is 1. The second kappa shape index (κ2) is 4.01. The Balaban J connectivity index is 1.94. The second-order valence-electron chi connectivity index (χ2n) is 4.28. The molecule has 0 amide bonds. The molecule has 0 atom stereocenters. The summed E-state index contributed by atoms with van der Waals surface area (Å²) in [6, 6.07) is 6.62. The maximum atomic E-state index is 3.49. The van der Waals surface area contributed by atoms with Gasteiger partial charge in [-0.2, -0.15) is 0 Å². The van der Waals surface area contributed by atoms with Gasteiger partial charge in [0.05, 0.1) is 0 Å². The number of aryl methyl sites for hydroxylation is 2. The van der Waals surface area contributed by atoms with Gasteiger partial charge in [0.25, 0.3) is 0 Å². The van der Waals surface area contributed by atoms with Gasteiger partial charge in [0.1, 0.15) is 0 Å². The number of nitrogens with one attached hydrogen (secondary N) is 2. The molecule has 0 unspecified atom stereocenters. The highest BCUT2D eigenvalue weighted by Gasteiger charge is 2.15. The van der Waals surface area contributed by atoms with E-state index in [-0.39, 0.29) is 0 Å². The zero-order chi connectivity index (χ0) is 9.97. The highest BCUT2D eigenvalue weighted by atomic mass is 15.0. The lowest BCUT2D eigenvalue weighted by Gasteiger charge is -2.27. The molecule has 76 valence electrons. The van der Waals surface area contributed by atoms with Gasteiger partial charge in [-0.15, -0.1) is 0 Å². The Morgan fingerprint density at radius 1 is 1.21 bits per heavy atom. The molecule has 0 aromatic heterocycles. The van der Waals surface area contributed by atoms with Crippen LogP contribution >= 0.6 is 0 Å². The van der Waals surface area contributed by atoms with Crippen molar-refractivity contribution in [3.05, 3.63) is 29.3 Å². The fourth-order valence-corrected chi connectivity index (χ4v) is 1.83. The van der Waals surface area contributed by atoms with Crippen LogP contribution in [0.2, 0.25) is 0 Å². The first-order chi connectivity index (χ1) is 6.74. The van der Waals surface area contributed by atoms with Crippen molar-refractivity contribution >= 4 is 5.69 Å². The molecule has 1 aliphatic rings. The smallest absolute Gasteiger partial charge is 0.0345 e. The Kier molecular flexibility index (Phi) is 2.73. The third kappa shape index (κ3) is 2.26. The lowest BCUT2D eigenvalue weighted by Crippen LogP contribution is -2.45. The minimum atomic E-state index is 0.816. The molecule has 0 radical (unpaired) electrons. The Hall–Kier alpha value is -1.02. The summed E-state index contributed by atoms with van der Waals surface area (Å²) in [7, 11) is 0. The van der Waals surface area contributed by atoms with E-state index < -0.39 is 0 Å². The zero-order valence-corrected chi connectivity index (χ0v) is 8.93. The summed E-state index contributed by atoms with van der Waals surface area (Å²) >= 11 is 0. The molecule has 2 nitrogen and oxygen atoms in total. The fraction of sp³-hybridized carbons (Fsp3) is 0.500. The molecule has 0 bridgehead atoms. The van der Waals surface area contributed by atoms with Crippen molar-refractivity contribution < 1.29 is 0 Å². The van der Waals surface area contributed by atoms with E-state index in [0.717, 1.165) is 25.6 Å². The Morgan fingerprint density at radius 3 is 2.36 bits per heavy atom. The average molecular weight is 190 g/mol. The third-order valence-electron chi connectivity index (χ3n) is 2.68. The van der Waals surface area contributed by atoms with Gasteiger partial charge in [-0.1, -0.05) is 6.07 Å². The Morgan fingerprint density at radius 2 is 1.86 bits per heavy atom. The van der Waals surface area contributed by atoms with Crippen LogP contribution in [-0.2, 0) is 0 Å². The van der Waals surface area contributed by atoms with Crippen LogP contribution in [0.4, 0.5) is 5.69 Å². The first-order valence-corrected chi connectivity index (χ1v) is 5.27. The van der Waals surface area contributed by atoms with Crippen LogP contribution in [0.1, 0.15) is 11.1 Å². The zero-order valence-electron chi connectivity index (χ0n) is 8.93. The van der Waals surface area contributed by atoms with E-state index >= 15 is 0 Å². The van der Waals surface area contributed by atoms with E-state index in [1.54, 1.807) is 0 Å². The summed E-state index contributed by atoms with van der Waals surface area (Å²) in [6.45, 7) is 7.71. The van der Waals surface area contributed by atoms with Crippen molar-refractivity contribution in [3.8, 4) is 0 Å². The van der Waals surface area contributed by atoms with Crippen LogP contribution in [0, 0.1) is 19.8 Å². The summed E-state index contributed by atoms with van der Waals surface area (Å²) in [6.07, 6.45) is 0. The van der Waals surface area contributed by atoms with Crippen LogP contribution in [0.15, 0.2) is 18.2 Å². The molecular weight excluding hydrogens is 172 g/mol. The summed E-state index contributed by atoms with van der Waals surface area (Å²) in [5.74, 6) is 0.816. The first kappa shape index (κ1) is 9.53. The topological polar surface area (TPSA) is 24.1 Å². The minimum Gasteiger partial charge on any atom is -0.385 e. The van der Waals surface area contributed by atoms with Gasteiger partial charge in [0.2, 0.25) is 0 Å². The van der Waals surface area contributed by atoms with Crippen molar-refractivity contribution in [1.82, 2.24) is 5.32 Å². The summed E-state index contributed by atoms with van der Waals surface area (Å²) in [5, 5.41) is 6.77. The van der Waals surface area contributed by atoms with Gasteiger partial charge in [0, 0.05) is 31.2 Å². The van der Waals surface area contributed by atoms with E-state index in [4.69, 9.17) is 0 Å². The SMILES string of the molecule is Cc1cc(C)cc(NCC2CNC2)c1. The molecule has 1 fully saturated rings. The lowest BCUT2D eigenvalue weighted by atomic mass is 10.0. The summed E-state index contributed by atoms with van der Waals surface area (Å²) in [4.78, 5) is 0. The molecule has 1 saturated heterocycles. The standard InChI is InChI=1S/C12H18N2/c1-9-3-10(2)5-12(4-9)14-8-11-6-13-7-11/h3-5,11,13-14H,6-8H2,1-2H3. The van der Waals surface area contributed by atoms with E-state index in [2.05, 4.69) is 42.7 Å². The van der Waals surface area contributed by atoms with E-state index in [9.17, 15) is 0 Å². The highest BCUT2D eigenvalue weighted by Crippen LogP contribution is 2.14. The normalized spacial score (nSPS) is 16.4. The minimum absolute atomic E-state index is 0.816. The molecule has 1 aromatic rings. The fourth-order valence-electron chi connectivity index (χ4n) is 1.83. The van der Waals surface area contributed by atoms with Crippen molar-refractivity contribution in [2.75, 3.05) is 25.0 Å². The largest absolute Gasteiger partial charge is 0.385 e. The van der Waals surface area contributed by atoms with Gasteiger partial charge < -0.3 is 10.6 Å². The third-order valence-corrected chi connectivity index (χ3v) is 2.68. The van der Waals surface area contributed by atoms with Crippen LogP contribution in [-0.4, -0.2) is 19.6 Å². The van der Waals surface area contributed by atoms with E-state index in [1.165, 1.54) is 16.8 Å². The monoisotopic (exact) mass is 190 g/mol. The molecule has 2 rings (SSSR count). The molecule has 14 heavy (non-hydrogen) atoms. The van der Waals surface area contributed by atoms with Gasteiger partial charge in [-0.3, -0.25) is 0 Å². The van der Waals surface area contributed by atoms with Crippen molar-refractivity contribution in [2.24, 2.45) is 5.92 Å². The quantitative estimate of drug-likeness (QED) is 0.761. The maximum Gasteiger partial charge on any atom is 0.0345 e. The van der Waals surface area contributed by atoms with Crippen LogP contribution < -0.4 is 10.6 Å². The average Bonchev–Trinajstić information content (AvgIpc) is 1.99. The molecule has 1 aliphatic heterocycles. The predicted octanol–water partition coefficient (Wildman–Crippen LogP) is 1.93. The summed E-state index contributed by atoms with van der Waals surface area (Å²) in [5.41, 5.74) is 3.92. The molecule has 0 spiro atoms. The Labute approximate surface area is 85.7 Å². The summed E-state index contributed by atoms with van der Waals surface area (Å²) < 4.78 is 0. The predicted molar refractivity (Wildman–Crippen MR) is 60.8 cm³/mol. The number of rotatable bonds is 3. The molecule has 0 aliphatic carbocycles. The van der Waals surface area contributed by atoms with Gasteiger partial charge >= 0.3 is 0 Å². The molecule has 1 aromatic carbocycles. The maximum absolute atomic E-state index is 3.49. The van der Waals surface area contributed by atoms with Crippen molar-refractivity contribution in [2.45, 2.75) is 13.8 Å². The van der Waals surface area contributed by atoms with Crippen LogP contribution in [0.3, 0.4) is 0 Å². The number of hydrogen-bond donors (Lipinski definition) is 2. The molecule has 2 heteroatoms. The molecule has 2 N–H and O–H groups in total. The molecule has 0 saturated carbocycles. The van der Waals surface area contributed by atoms with E-state index in [1.807, 2.05) is 0 Å². The molecular formula is C12H18N2. The van der Waals surface area contributed by atoms with Gasteiger partial charge in [-0.25, -0.2) is 0 Å². The number of benzene rings is 1. The highest BCUT2D eigenvalue weighted by molar-refractivity contribution is 5.48. The van der Waals surface area contributed by atoms with Crippen molar-refractivity contribution in [3.63, 3.8) is 0 Å². The first-order valence-electron chi connectivity index (χ1n) is 5.27. The van der Waals surface area contributed by atoms with Crippen LogP contribution in [0.5, 0.6) is 0 Å². The number of hydrogen-bond acceptors (Lipinski definition) is 2. The molecule has 1 heterocycles.